The van der Waals surface area contributed by atoms with Crippen LogP contribution in [0, 0.1) is 5.95 Å². The van der Waals surface area contributed by atoms with Crippen LogP contribution in [0.25, 0.3) is 0 Å². The van der Waals surface area contributed by atoms with Crippen molar-refractivity contribution in [3.05, 3.63) is 18.1 Å². The lowest BCUT2D eigenvalue weighted by Gasteiger charge is -2.33. The van der Waals surface area contributed by atoms with Gasteiger partial charge in [-0.15, -0.1) is 0 Å². The summed E-state index contributed by atoms with van der Waals surface area (Å²) in [6.07, 6.45) is 1.11. The molecule has 2 aliphatic rings. The maximum atomic E-state index is 13.4. The summed E-state index contributed by atoms with van der Waals surface area (Å²) >= 11 is 0. The Labute approximate surface area is 119 Å². The van der Waals surface area contributed by atoms with Gasteiger partial charge in [-0.2, -0.15) is 4.39 Å². The molecule has 2 fully saturated rings. The highest BCUT2D eigenvalue weighted by Gasteiger charge is 2.52. The summed E-state index contributed by atoms with van der Waals surface area (Å²) in [4.78, 5) is 6.09. The van der Waals surface area contributed by atoms with E-state index in [-0.39, 0.29) is 0 Å². The molecule has 1 aromatic rings. The highest BCUT2D eigenvalue weighted by molar-refractivity contribution is 6.63. The van der Waals surface area contributed by atoms with E-state index in [2.05, 4.69) is 9.88 Å². The largest absolute Gasteiger partial charge is 0.498 e. The average Bonchev–Trinajstić information content (AvgIpc) is 2.45. The molecule has 108 valence electrons. The van der Waals surface area contributed by atoms with Crippen LogP contribution in [0.1, 0.15) is 34.1 Å². The van der Waals surface area contributed by atoms with Gasteiger partial charge in [-0.3, -0.25) is 0 Å². The zero-order chi connectivity index (χ0) is 14.5. The number of halogens is 1. The first-order chi connectivity index (χ1) is 9.30. The lowest BCUT2D eigenvalue weighted by atomic mass is 9.78. The normalized spacial score (nSPS) is 23.9. The third-order valence-corrected chi connectivity index (χ3v) is 4.53. The molecule has 0 aliphatic carbocycles. The SMILES string of the molecule is CC1(C)OB(c2ccc(F)nc2N2CCC2)OC1(C)C. The molecule has 0 atom stereocenters. The number of rotatable bonds is 2. The average molecular weight is 278 g/mol. The lowest BCUT2D eigenvalue weighted by molar-refractivity contribution is 0.00578. The van der Waals surface area contributed by atoms with Crippen LogP contribution in [0.2, 0.25) is 0 Å². The first-order valence-electron chi connectivity index (χ1n) is 7.07. The predicted octanol–water partition coefficient (Wildman–Crippen LogP) is 1.73. The van der Waals surface area contributed by atoms with Gasteiger partial charge in [0, 0.05) is 18.6 Å². The zero-order valence-electron chi connectivity index (χ0n) is 12.4. The molecule has 0 bridgehead atoms. The fraction of sp³-hybridized carbons (Fsp3) is 0.643. The third-order valence-electron chi connectivity index (χ3n) is 4.53. The summed E-state index contributed by atoms with van der Waals surface area (Å²) in [7, 11) is -0.497. The van der Waals surface area contributed by atoms with Gasteiger partial charge >= 0.3 is 7.12 Å². The summed E-state index contributed by atoms with van der Waals surface area (Å²) in [6, 6.07) is 3.09. The summed E-state index contributed by atoms with van der Waals surface area (Å²) in [5.74, 6) is 0.182. The number of anilines is 1. The van der Waals surface area contributed by atoms with E-state index in [1.54, 1.807) is 6.07 Å². The van der Waals surface area contributed by atoms with Gasteiger partial charge in [0.1, 0.15) is 5.82 Å². The summed E-state index contributed by atoms with van der Waals surface area (Å²) in [5, 5.41) is 0. The number of hydrogen-bond acceptors (Lipinski definition) is 4. The monoisotopic (exact) mass is 278 g/mol. The minimum Gasteiger partial charge on any atom is -0.399 e. The fourth-order valence-corrected chi connectivity index (χ4v) is 2.37. The van der Waals surface area contributed by atoms with E-state index < -0.39 is 24.3 Å². The van der Waals surface area contributed by atoms with Gasteiger partial charge in [0.15, 0.2) is 0 Å². The topological polar surface area (TPSA) is 34.6 Å². The molecule has 0 amide bonds. The molecule has 0 N–H and O–H groups in total. The number of pyridine rings is 1. The Bertz CT molecular complexity index is 516. The molecule has 0 unspecified atom stereocenters. The highest BCUT2D eigenvalue weighted by atomic mass is 19.1. The molecule has 20 heavy (non-hydrogen) atoms. The van der Waals surface area contributed by atoms with Gasteiger partial charge in [-0.1, -0.05) is 6.07 Å². The molecule has 3 rings (SSSR count). The minimum absolute atomic E-state index is 0.404. The van der Waals surface area contributed by atoms with Crippen molar-refractivity contribution < 1.29 is 13.7 Å². The van der Waals surface area contributed by atoms with E-state index in [1.807, 2.05) is 27.7 Å². The molecule has 0 radical (unpaired) electrons. The van der Waals surface area contributed by atoms with Crippen molar-refractivity contribution in [2.24, 2.45) is 0 Å². The maximum absolute atomic E-state index is 13.4. The van der Waals surface area contributed by atoms with Gasteiger partial charge in [-0.05, 0) is 40.2 Å². The standard InChI is InChI=1S/C14H20BFN2O2/c1-13(2)14(3,4)20-15(19-13)10-6-7-11(16)17-12(10)18-8-5-9-18/h6-7H,5,8-9H2,1-4H3. The maximum Gasteiger partial charge on any atom is 0.498 e. The number of hydrogen-bond donors (Lipinski definition) is 0. The van der Waals surface area contributed by atoms with Crippen molar-refractivity contribution in [3.8, 4) is 0 Å². The van der Waals surface area contributed by atoms with E-state index in [0.29, 0.717) is 5.82 Å². The Hall–Kier alpha value is -1.14. The molecule has 3 heterocycles. The van der Waals surface area contributed by atoms with Crippen molar-refractivity contribution in [2.75, 3.05) is 18.0 Å². The van der Waals surface area contributed by atoms with Crippen molar-refractivity contribution in [2.45, 2.75) is 45.3 Å². The second kappa shape index (κ2) is 4.43. The summed E-state index contributed by atoms with van der Waals surface area (Å²) in [6.45, 7) is 9.84. The quantitative estimate of drug-likeness (QED) is 0.609. The van der Waals surface area contributed by atoms with Gasteiger partial charge in [-0.25, -0.2) is 4.98 Å². The molecule has 1 aromatic heterocycles. The van der Waals surface area contributed by atoms with Crippen LogP contribution in [0.5, 0.6) is 0 Å². The van der Waals surface area contributed by atoms with Gasteiger partial charge in [0.2, 0.25) is 5.95 Å². The molecular weight excluding hydrogens is 258 g/mol. The Kier molecular flexibility index (Phi) is 3.06. The lowest BCUT2D eigenvalue weighted by Crippen LogP contribution is -2.45. The van der Waals surface area contributed by atoms with E-state index >= 15 is 0 Å². The van der Waals surface area contributed by atoms with Crippen molar-refractivity contribution >= 4 is 18.4 Å². The second-order valence-corrected chi connectivity index (χ2v) is 6.48. The van der Waals surface area contributed by atoms with Gasteiger partial charge in [0.25, 0.3) is 0 Å². The third kappa shape index (κ3) is 2.11. The van der Waals surface area contributed by atoms with Crippen LogP contribution >= 0.6 is 0 Å². The molecule has 2 saturated heterocycles. The van der Waals surface area contributed by atoms with E-state index in [0.717, 1.165) is 25.0 Å². The van der Waals surface area contributed by atoms with E-state index in [4.69, 9.17) is 9.31 Å². The summed E-state index contributed by atoms with van der Waals surface area (Å²) < 4.78 is 25.5. The van der Waals surface area contributed by atoms with E-state index in [9.17, 15) is 4.39 Å². The number of nitrogens with zero attached hydrogens (tertiary/aromatic N) is 2. The molecule has 0 spiro atoms. The molecule has 0 saturated carbocycles. The van der Waals surface area contributed by atoms with Crippen molar-refractivity contribution in [1.29, 1.82) is 0 Å². The van der Waals surface area contributed by atoms with E-state index in [1.165, 1.54) is 6.07 Å². The Morgan fingerprint density at radius 3 is 2.25 bits per heavy atom. The zero-order valence-corrected chi connectivity index (χ0v) is 12.4. The van der Waals surface area contributed by atoms with Crippen molar-refractivity contribution in [3.63, 3.8) is 0 Å². The van der Waals surface area contributed by atoms with Crippen LogP contribution < -0.4 is 10.4 Å². The molecule has 6 heteroatoms. The first kappa shape index (κ1) is 13.8. The fourth-order valence-electron chi connectivity index (χ4n) is 2.37. The van der Waals surface area contributed by atoms with Crippen LogP contribution in [0.3, 0.4) is 0 Å². The van der Waals surface area contributed by atoms with Crippen LogP contribution in [0.15, 0.2) is 12.1 Å². The smallest absolute Gasteiger partial charge is 0.399 e. The Morgan fingerprint density at radius 2 is 1.75 bits per heavy atom. The van der Waals surface area contributed by atoms with Crippen molar-refractivity contribution in [1.82, 2.24) is 4.98 Å². The second-order valence-electron chi connectivity index (χ2n) is 6.48. The van der Waals surface area contributed by atoms with Crippen LogP contribution in [-0.4, -0.2) is 36.4 Å². The molecule has 4 nitrogen and oxygen atoms in total. The molecule has 2 aliphatic heterocycles. The van der Waals surface area contributed by atoms with Gasteiger partial charge in [0.05, 0.1) is 11.2 Å². The molecular formula is C14H20BFN2O2. The summed E-state index contributed by atoms with van der Waals surface area (Å²) in [5.41, 5.74) is 0.000965. The minimum atomic E-state index is -0.497. The Morgan fingerprint density at radius 1 is 1.15 bits per heavy atom. The molecule has 0 aromatic carbocycles. The van der Waals surface area contributed by atoms with Gasteiger partial charge < -0.3 is 14.2 Å². The highest BCUT2D eigenvalue weighted by Crippen LogP contribution is 2.37. The van der Waals surface area contributed by atoms with Crippen LogP contribution in [0.4, 0.5) is 10.2 Å². The predicted molar refractivity (Wildman–Crippen MR) is 76.7 cm³/mol. The first-order valence-corrected chi connectivity index (χ1v) is 7.07. The Balaban J connectivity index is 1.95. The van der Waals surface area contributed by atoms with Crippen LogP contribution in [-0.2, 0) is 9.31 Å². The number of aromatic nitrogens is 1.